The van der Waals surface area contributed by atoms with Crippen LogP contribution in [0.2, 0.25) is 0 Å². The van der Waals surface area contributed by atoms with Gasteiger partial charge in [0.25, 0.3) is 0 Å². The molecule has 2 atom stereocenters. The summed E-state index contributed by atoms with van der Waals surface area (Å²) in [6.07, 6.45) is 30.7. The predicted octanol–water partition coefficient (Wildman–Crippen LogP) is 13.1. The van der Waals surface area contributed by atoms with Gasteiger partial charge in [-0.05, 0) is 112 Å². The third-order valence-corrected chi connectivity index (χ3v) is 10.6. The van der Waals surface area contributed by atoms with E-state index in [1.54, 1.807) is 0 Å². The molecule has 0 saturated heterocycles. The second kappa shape index (κ2) is 19.9. The van der Waals surface area contributed by atoms with Gasteiger partial charge in [0.15, 0.2) is 11.6 Å². The van der Waals surface area contributed by atoms with Gasteiger partial charge in [-0.1, -0.05) is 171 Å². The van der Waals surface area contributed by atoms with Gasteiger partial charge >= 0.3 is 0 Å². The lowest BCUT2D eigenvalue weighted by atomic mass is 9.70. The zero-order chi connectivity index (χ0) is 40.9. The van der Waals surface area contributed by atoms with E-state index in [0.29, 0.717) is 0 Å². The highest BCUT2D eigenvalue weighted by Crippen LogP contribution is 2.42. The number of anilines is 2. The first-order chi connectivity index (χ1) is 26.6. The van der Waals surface area contributed by atoms with Gasteiger partial charge in [0, 0.05) is 11.4 Å². The highest BCUT2D eigenvalue weighted by atomic mass is 16.1. The molecule has 4 nitrogen and oxygen atoms in total. The summed E-state index contributed by atoms with van der Waals surface area (Å²) in [4.78, 5) is 26.5. The molecule has 2 N–H and O–H groups in total. The number of nitrogens with one attached hydrogen (secondary N) is 2. The molecule has 0 radical (unpaired) electrons. The second-order valence-electron chi connectivity index (χ2n) is 16.5. The molecule has 0 spiro atoms. The Labute approximate surface area is 337 Å². The summed E-state index contributed by atoms with van der Waals surface area (Å²) in [6.45, 7) is 21.1. The Hall–Kier alpha value is -5.48. The van der Waals surface area contributed by atoms with Crippen molar-refractivity contribution in [3.05, 3.63) is 190 Å². The van der Waals surface area contributed by atoms with Crippen molar-refractivity contribution in [3.8, 4) is 0 Å². The topological polar surface area (TPSA) is 58.2 Å². The predicted molar refractivity (Wildman–Crippen MR) is 241 cm³/mol. The van der Waals surface area contributed by atoms with Crippen LogP contribution in [0.1, 0.15) is 82.1 Å². The monoisotopic (exact) mass is 746 g/mol. The van der Waals surface area contributed by atoms with E-state index in [1.165, 1.54) is 0 Å². The average Bonchev–Trinajstić information content (AvgIpc) is 3.15. The van der Waals surface area contributed by atoms with E-state index < -0.39 is 0 Å². The fourth-order valence-corrected chi connectivity index (χ4v) is 7.40. The third-order valence-electron chi connectivity index (χ3n) is 10.6. The van der Waals surface area contributed by atoms with Crippen LogP contribution in [0, 0.1) is 10.8 Å². The summed E-state index contributed by atoms with van der Waals surface area (Å²) >= 11 is 0. The standard InChI is InChI=1S/C52H62N2O2/c1-37(23-19-25-39(3)31-33-45-41(5)49(55)47(35-51(45,7)8)53-43-27-13-11-14-28-43)21-17-18-22-38(2)24-20-26-40(4)32-34-46-42(6)50(56)48(36-52(46,9)10)54-44-29-15-12-16-30-44/h11-34,47-48,53-54H,35-36H2,1-10H3. The Balaban J connectivity index is 1.28. The molecular formula is C52H62N2O2. The first kappa shape index (κ1) is 43.3. The summed E-state index contributed by atoms with van der Waals surface area (Å²) < 4.78 is 0. The van der Waals surface area contributed by atoms with Crippen molar-refractivity contribution >= 4 is 22.9 Å². The van der Waals surface area contributed by atoms with E-state index in [4.69, 9.17) is 0 Å². The van der Waals surface area contributed by atoms with Gasteiger partial charge in [0.05, 0.1) is 12.1 Å². The number of Topliss-reactive ketones (excluding diaryl/α,β-unsaturated/α-hetero) is 2. The van der Waals surface area contributed by atoms with E-state index in [2.05, 4.69) is 151 Å². The van der Waals surface area contributed by atoms with Crippen molar-refractivity contribution in [1.82, 2.24) is 0 Å². The average molecular weight is 747 g/mol. The van der Waals surface area contributed by atoms with Crippen LogP contribution in [0.5, 0.6) is 0 Å². The molecule has 0 aliphatic heterocycles. The molecule has 2 aliphatic carbocycles. The summed E-state index contributed by atoms with van der Waals surface area (Å²) in [6, 6.07) is 19.5. The number of carbonyl (C=O) groups excluding carboxylic acids is 2. The molecule has 56 heavy (non-hydrogen) atoms. The second-order valence-corrected chi connectivity index (χ2v) is 16.5. The first-order valence-electron chi connectivity index (χ1n) is 19.8. The SMILES string of the molecule is CC(C=CC=C(C)C=CC1=C(C)C(=O)C(Nc2ccccc2)CC1(C)C)=CC=CC=C(C)C=CC=C(C)C=CC1=C(C)C(=O)C(Nc2ccccc2)CC1(C)C. The fourth-order valence-electron chi connectivity index (χ4n) is 7.40. The molecule has 0 heterocycles. The van der Waals surface area contributed by atoms with Gasteiger partial charge in [-0.25, -0.2) is 0 Å². The van der Waals surface area contributed by atoms with Crippen molar-refractivity contribution in [3.63, 3.8) is 0 Å². The van der Waals surface area contributed by atoms with Gasteiger partial charge in [-0.2, -0.15) is 0 Å². The minimum Gasteiger partial charge on any atom is -0.375 e. The Morgan fingerprint density at radius 1 is 0.518 bits per heavy atom. The number of hydrogen-bond donors (Lipinski definition) is 2. The van der Waals surface area contributed by atoms with Crippen LogP contribution in [0.15, 0.2) is 190 Å². The number of allylic oxidation sites excluding steroid dienone is 20. The van der Waals surface area contributed by atoms with E-state index in [-0.39, 0.29) is 34.5 Å². The molecule has 0 fully saturated rings. The summed E-state index contributed by atoms with van der Waals surface area (Å²) in [5.74, 6) is 0.330. The van der Waals surface area contributed by atoms with Crippen molar-refractivity contribution < 1.29 is 9.59 Å². The van der Waals surface area contributed by atoms with Crippen LogP contribution in [-0.4, -0.2) is 23.7 Å². The molecule has 2 aromatic rings. The zero-order valence-corrected chi connectivity index (χ0v) is 35.2. The quantitative estimate of drug-likeness (QED) is 0.189. The number of hydrogen-bond acceptors (Lipinski definition) is 4. The Bertz CT molecular complexity index is 1920. The van der Waals surface area contributed by atoms with Crippen molar-refractivity contribution in [1.29, 1.82) is 0 Å². The highest BCUT2D eigenvalue weighted by Gasteiger charge is 2.39. The van der Waals surface area contributed by atoms with E-state index in [9.17, 15) is 9.59 Å². The molecule has 0 saturated carbocycles. The molecule has 292 valence electrons. The molecule has 2 aromatic carbocycles. The minimum absolute atomic E-state index is 0.127. The lowest BCUT2D eigenvalue weighted by Crippen LogP contribution is -2.40. The number of carbonyl (C=O) groups is 2. The molecule has 2 unspecified atom stereocenters. The fraction of sp³-hybridized carbons (Fsp3) is 0.308. The van der Waals surface area contributed by atoms with Gasteiger partial charge < -0.3 is 10.6 Å². The van der Waals surface area contributed by atoms with Gasteiger partial charge in [0.2, 0.25) is 0 Å². The Morgan fingerprint density at radius 2 is 0.839 bits per heavy atom. The lowest BCUT2D eigenvalue weighted by Gasteiger charge is -2.37. The molecule has 4 rings (SSSR count). The molecule has 4 heteroatoms. The molecule has 0 aromatic heterocycles. The summed E-state index contributed by atoms with van der Waals surface area (Å²) in [7, 11) is 0. The van der Waals surface area contributed by atoms with Crippen LogP contribution >= 0.6 is 0 Å². The molecule has 0 bridgehead atoms. The normalized spacial score (nSPS) is 21.5. The smallest absolute Gasteiger partial charge is 0.181 e. The van der Waals surface area contributed by atoms with Crippen molar-refractivity contribution in [2.24, 2.45) is 10.8 Å². The zero-order valence-electron chi connectivity index (χ0n) is 35.2. The highest BCUT2D eigenvalue weighted by molar-refractivity contribution is 6.03. The third kappa shape index (κ3) is 12.5. The summed E-state index contributed by atoms with van der Waals surface area (Å²) in [5, 5.41) is 6.88. The lowest BCUT2D eigenvalue weighted by molar-refractivity contribution is -0.118. The number of rotatable bonds is 14. The van der Waals surface area contributed by atoms with Crippen LogP contribution in [0.25, 0.3) is 0 Å². The molecule has 0 amide bonds. The van der Waals surface area contributed by atoms with Crippen LogP contribution in [0.3, 0.4) is 0 Å². The Morgan fingerprint density at radius 3 is 1.20 bits per heavy atom. The van der Waals surface area contributed by atoms with Crippen LogP contribution in [0.4, 0.5) is 11.4 Å². The van der Waals surface area contributed by atoms with E-state index in [1.807, 2.05) is 74.5 Å². The maximum absolute atomic E-state index is 13.3. The van der Waals surface area contributed by atoms with Crippen molar-refractivity contribution in [2.75, 3.05) is 10.6 Å². The largest absolute Gasteiger partial charge is 0.375 e. The Kier molecular flexibility index (Phi) is 15.4. The van der Waals surface area contributed by atoms with Crippen LogP contribution in [-0.2, 0) is 9.59 Å². The number of ketones is 2. The van der Waals surface area contributed by atoms with Gasteiger partial charge in [-0.15, -0.1) is 0 Å². The molecule has 2 aliphatic rings. The van der Waals surface area contributed by atoms with Gasteiger partial charge in [-0.3, -0.25) is 9.59 Å². The van der Waals surface area contributed by atoms with E-state index in [0.717, 1.165) is 68.8 Å². The van der Waals surface area contributed by atoms with Crippen LogP contribution < -0.4 is 10.6 Å². The van der Waals surface area contributed by atoms with E-state index >= 15 is 0 Å². The minimum atomic E-state index is -0.223. The number of benzene rings is 2. The van der Waals surface area contributed by atoms with Gasteiger partial charge in [0.1, 0.15) is 0 Å². The molecular weight excluding hydrogens is 685 g/mol. The maximum atomic E-state index is 13.3. The maximum Gasteiger partial charge on any atom is 0.181 e. The number of para-hydroxylation sites is 2. The summed E-state index contributed by atoms with van der Waals surface area (Å²) in [5.41, 5.74) is 10.1. The van der Waals surface area contributed by atoms with Crippen molar-refractivity contribution in [2.45, 2.75) is 94.2 Å². The first-order valence-corrected chi connectivity index (χ1v) is 19.8.